The molecule has 0 unspecified atom stereocenters. The lowest BCUT2D eigenvalue weighted by Crippen LogP contribution is -2.53. The maximum Gasteiger partial charge on any atom is 0.0240 e. The summed E-state index contributed by atoms with van der Waals surface area (Å²) in [5, 5.41) is 3.52. The maximum absolute atomic E-state index is 3.52. The van der Waals surface area contributed by atoms with Crippen LogP contribution >= 0.6 is 0 Å². The molecule has 1 heterocycles. The molecule has 1 saturated heterocycles. The molecule has 1 fully saturated rings. The quantitative estimate of drug-likeness (QED) is 0.818. The highest BCUT2D eigenvalue weighted by Crippen LogP contribution is 2.14. The summed E-state index contributed by atoms with van der Waals surface area (Å²) in [6.45, 7) is 10.1. The average Bonchev–Trinajstić information content (AvgIpc) is 2.27. The molecule has 0 amide bonds. The van der Waals surface area contributed by atoms with Crippen molar-refractivity contribution in [1.29, 1.82) is 0 Å². The zero-order valence-electron chi connectivity index (χ0n) is 10.5. The molecule has 1 aliphatic heterocycles. The molecule has 16 heavy (non-hydrogen) atoms. The van der Waals surface area contributed by atoms with E-state index in [0.29, 0.717) is 12.1 Å². The van der Waals surface area contributed by atoms with Crippen molar-refractivity contribution in [3.8, 4) is 0 Å². The van der Waals surface area contributed by atoms with E-state index < -0.39 is 0 Å². The van der Waals surface area contributed by atoms with Crippen LogP contribution in [0.4, 0.5) is 0 Å². The van der Waals surface area contributed by atoms with E-state index in [0.717, 1.165) is 19.6 Å². The molecule has 1 aromatic carbocycles. The Labute approximate surface area is 98.7 Å². The van der Waals surface area contributed by atoms with Crippen molar-refractivity contribution in [2.45, 2.75) is 39.4 Å². The van der Waals surface area contributed by atoms with Crippen LogP contribution in [-0.2, 0) is 6.54 Å². The van der Waals surface area contributed by atoms with Crippen molar-refractivity contribution in [1.82, 2.24) is 10.2 Å². The van der Waals surface area contributed by atoms with Crippen LogP contribution in [-0.4, -0.2) is 30.1 Å². The molecule has 0 saturated carbocycles. The minimum Gasteiger partial charge on any atom is -0.311 e. The van der Waals surface area contributed by atoms with Gasteiger partial charge in [0.1, 0.15) is 0 Å². The summed E-state index contributed by atoms with van der Waals surface area (Å²) < 4.78 is 0. The molecule has 0 bridgehead atoms. The first-order valence-electron chi connectivity index (χ1n) is 6.18. The lowest BCUT2D eigenvalue weighted by atomic mass is 10.1. The molecule has 2 rings (SSSR count). The fourth-order valence-electron chi connectivity index (χ4n) is 2.32. The molecule has 88 valence electrons. The van der Waals surface area contributed by atoms with E-state index >= 15 is 0 Å². The molecule has 2 atom stereocenters. The summed E-state index contributed by atoms with van der Waals surface area (Å²) in [6, 6.07) is 9.94. The molecule has 1 aliphatic rings. The Kier molecular flexibility index (Phi) is 3.62. The SMILES string of the molecule is Cc1ccccc1CN1C[C@H](C)NC[C@H]1C. The number of rotatable bonds is 2. The van der Waals surface area contributed by atoms with Gasteiger partial charge >= 0.3 is 0 Å². The second-order valence-electron chi connectivity index (χ2n) is 5.01. The predicted octanol–water partition coefficient (Wildman–Crippen LogP) is 2.18. The van der Waals surface area contributed by atoms with Gasteiger partial charge in [0.25, 0.3) is 0 Å². The molecule has 0 aromatic heterocycles. The summed E-state index contributed by atoms with van der Waals surface area (Å²) in [7, 11) is 0. The van der Waals surface area contributed by atoms with Gasteiger partial charge in [0, 0.05) is 31.7 Å². The third-order valence-electron chi connectivity index (χ3n) is 3.53. The molecular weight excluding hydrogens is 196 g/mol. The first-order chi connectivity index (χ1) is 7.66. The van der Waals surface area contributed by atoms with E-state index in [2.05, 4.69) is 55.3 Å². The Hall–Kier alpha value is -0.860. The molecule has 2 nitrogen and oxygen atoms in total. The molecule has 0 aliphatic carbocycles. The van der Waals surface area contributed by atoms with Gasteiger partial charge in [-0.05, 0) is 31.9 Å². The normalized spacial score (nSPS) is 26.9. The van der Waals surface area contributed by atoms with Gasteiger partial charge in [-0.1, -0.05) is 24.3 Å². The number of piperazine rings is 1. The topological polar surface area (TPSA) is 15.3 Å². The molecule has 1 aromatic rings. The van der Waals surface area contributed by atoms with E-state index in [4.69, 9.17) is 0 Å². The largest absolute Gasteiger partial charge is 0.311 e. The summed E-state index contributed by atoms with van der Waals surface area (Å²) in [4.78, 5) is 2.57. The van der Waals surface area contributed by atoms with Crippen molar-refractivity contribution < 1.29 is 0 Å². The van der Waals surface area contributed by atoms with E-state index in [1.54, 1.807) is 0 Å². The number of hydrogen-bond donors (Lipinski definition) is 1. The minimum absolute atomic E-state index is 0.611. The van der Waals surface area contributed by atoms with Gasteiger partial charge in [-0.25, -0.2) is 0 Å². The Morgan fingerprint density at radius 3 is 2.81 bits per heavy atom. The van der Waals surface area contributed by atoms with Crippen molar-refractivity contribution in [3.63, 3.8) is 0 Å². The third kappa shape index (κ3) is 2.63. The maximum atomic E-state index is 3.52. The van der Waals surface area contributed by atoms with Crippen LogP contribution in [0.25, 0.3) is 0 Å². The van der Waals surface area contributed by atoms with Gasteiger partial charge < -0.3 is 5.32 Å². The van der Waals surface area contributed by atoms with Gasteiger partial charge in [0.05, 0.1) is 0 Å². The fourth-order valence-corrected chi connectivity index (χ4v) is 2.32. The van der Waals surface area contributed by atoms with E-state index in [1.807, 2.05) is 0 Å². The average molecular weight is 218 g/mol. The number of aryl methyl sites for hydroxylation is 1. The van der Waals surface area contributed by atoms with E-state index in [9.17, 15) is 0 Å². The van der Waals surface area contributed by atoms with Crippen molar-refractivity contribution >= 4 is 0 Å². The summed E-state index contributed by atoms with van der Waals surface area (Å²) in [5.41, 5.74) is 2.87. The van der Waals surface area contributed by atoms with Crippen LogP contribution in [0.1, 0.15) is 25.0 Å². The molecule has 2 heteroatoms. The van der Waals surface area contributed by atoms with Gasteiger partial charge in [-0.3, -0.25) is 4.90 Å². The Morgan fingerprint density at radius 1 is 1.31 bits per heavy atom. The molecular formula is C14H22N2. The van der Waals surface area contributed by atoms with Crippen LogP contribution in [0.15, 0.2) is 24.3 Å². The van der Waals surface area contributed by atoms with E-state index in [-0.39, 0.29) is 0 Å². The van der Waals surface area contributed by atoms with Gasteiger partial charge in [-0.15, -0.1) is 0 Å². The fraction of sp³-hybridized carbons (Fsp3) is 0.571. The Morgan fingerprint density at radius 2 is 2.06 bits per heavy atom. The highest BCUT2D eigenvalue weighted by molar-refractivity contribution is 5.25. The first kappa shape index (κ1) is 11.6. The number of hydrogen-bond acceptors (Lipinski definition) is 2. The second-order valence-corrected chi connectivity index (χ2v) is 5.01. The summed E-state index contributed by atoms with van der Waals surface area (Å²) in [6.07, 6.45) is 0. The van der Waals surface area contributed by atoms with Crippen LogP contribution < -0.4 is 5.32 Å². The van der Waals surface area contributed by atoms with Gasteiger partial charge in [0.2, 0.25) is 0 Å². The highest BCUT2D eigenvalue weighted by atomic mass is 15.2. The number of nitrogens with zero attached hydrogens (tertiary/aromatic N) is 1. The van der Waals surface area contributed by atoms with Crippen LogP contribution in [0.3, 0.4) is 0 Å². The van der Waals surface area contributed by atoms with Crippen LogP contribution in [0.5, 0.6) is 0 Å². The number of nitrogens with one attached hydrogen (secondary N) is 1. The minimum atomic E-state index is 0.611. The monoisotopic (exact) mass is 218 g/mol. The van der Waals surface area contributed by atoms with Crippen molar-refractivity contribution in [2.75, 3.05) is 13.1 Å². The van der Waals surface area contributed by atoms with E-state index in [1.165, 1.54) is 11.1 Å². The Balaban J connectivity index is 2.06. The smallest absolute Gasteiger partial charge is 0.0240 e. The third-order valence-corrected chi connectivity index (χ3v) is 3.53. The van der Waals surface area contributed by atoms with Gasteiger partial charge in [0.15, 0.2) is 0 Å². The van der Waals surface area contributed by atoms with Crippen molar-refractivity contribution in [2.24, 2.45) is 0 Å². The standard InChI is InChI=1S/C14H22N2/c1-11-6-4-5-7-14(11)10-16-9-12(2)15-8-13(16)3/h4-7,12-13,15H,8-10H2,1-3H3/t12-,13+/m0/s1. The first-order valence-corrected chi connectivity index (χ1v) is 6.18. The number of benzene rings is 1. The van der Waals surface area contributed by atoms with Crippen LogP contribution in [0.2, 0.25) is 0 Å². The molecule has 0 radical (unpaired) electrons. The zero-order chi connectivity index (χ0) is 11.5. The van der Waals surface area contributed by atoms with Crippen LogP contribution in [0, 0.1) is 6.92 Å². The van der Waals surface area contributed by atoms with Crippen molar-refractivity contribution in [3.05, 3.63) is 35.4 Å². The Bertz CT molecular complexity index is 348. The molecule has 1 N–H and O–H groups in total. The predicted molar refractivity (Wildman–Crippen MR) is 68.5 cm³/mol. The lowest BCUT2D eigenvalue weighted by molar-refractivity contribution is 0.138. The lowest BCUT2D eigenvalue weighted by Gasteiger charge is -2.37. The second kappa shape index (κ2) is 4.98. The summed E-state index contributed by atoms with van der Waals surface area (Å²) in [5.74, 6) is 0. The van der Waals surface area contributed by atoms with Gasteiger partial charge in [-0.2, -0.15) is 0 Å². The summed E-state index contributed by atoms with van der Waals surface area (Å²) >= 11 is 0. The highest BCUT2D eigenvalue weighted by Gasteiger charge is 2.22. The molecule has 0 spiro atoms. The zero-order valence-corrected chi connectivity index (χ0v) is 10.5.